The summed E-state index contributed by atoms with van der Waals surface area (Å²) in [6, 6.07) is 8.04. The van der Waals surface area contributed by atoms with Gasteiger partial charge in [-0.1, -0.05) is 31.0 Å². The van der Waals surface area contributed by atoms with E-state index in [2.05, 4.69) is 16.5 Å². The lowest BCUT2D eigenvalue weighted by molar-refractivity contribution is 1.41. The van der Waals surface area contributed by atoms with Gasteiger partial charge in [-0.2, -0.15) is 5.26 Å². The Kier molecular flexibility index (Phi) is 2.77. The van der Waals surface area contributed by atoms with Gasteiger partial charge in [0.25, 0.3) is 0 Å². The van der Waals surface area contributed by atoms with Crippen molar-refractivity contribution in [3.63, 3.8) is 0 Å². The number of hydrogen-bond acceptors (Lipinski definition) is 4. The van der Waals surface area contributed by atoms with E-state index in [1.165, 1.54) is 15.7 Å². The molecule has 0 saturated carbocycles. The lowest BCUT2D eigenvalue weighted by Gasteiger charge is -2.26. The molecule has 1 unspecified atom stereocenters. The van der Waals surface area contributed by atoms with Crippen LogP contribution in [0.5, 0.6) is 0 Å². The number of rotatable bonds is 2. The van der Waals surface area contributed by atoms with E-state index in [9.17, 15) is 0 Å². The minimum absolute atomic E-state index is 1.01. The average molecular weight is 240 g/mol. The number of fused-ring (bicyclic) bond motifs is 1. The van der Waals surface area contributed by atoms with Gasteiger partial charge in [-0.15, -0.1) is 0 Å². The molecule has 72 valence electrons. The number of aliphatic imine (C=N–C) groups is 1. The van der Waals surface area contributed by atoms with E-state index in [4.69, 9.17) is 5.26 Å². The molecule has 0 aliphatic carbocycles. The molecule has 1 aromatic rings. The monoisotopic (exact) mass is 240 g/mol. The summed E-state index contributed by atoms with van der Waals surface area (Å²) < 4.78 is 0. The van der Waals surface area contributed by atoms with E-state index in [0.717, 1.165) is 5.69 Å². The molecule has 1 heterocycles. The van der Waals surface area contributed by atoms with Crippen molar-refractivity contribution < 1.29 is 0 Å². The Hall–Kier alpha value is -0.570. The molecule has 0 saturated heterocycles. The molecule has 2 nitrogen and oxygen atoms in total. The molecule has 0 aromatic heterocycles. The minimum Gasteiger partial charge on any atom is -0.248 e. The topological polar surface area (TPSA) is 36.1 Å². The molecule has 14 heavy (non-hydrogen) atoms. The van der Waals surface area contributed by atoms with Crippen LogP contribution in [0.4, 0.5) is 5.69 Å². The van der Waals surface area contributed by atoms with Crippen molar-refractivity contribution in [3.05, 3.63) is 24.3 Å². The van der Waals surface area contributed by atoms with E-state index in [0.29, 0.717) is 0 Å². The second kappa shape index (κ2) is 3.89. The molecule has 2 rings (SSSR count). The largest absolute Gasteiger partial charge is 0.248 e. The van der Waals surface area contributed by atoms with Crippen molar-refractivity contribution in [2.75, 3.05) is 6.26 Å². The van der Waals surface area contributed by atoms with Crippen LogP contribution in [0.1, 0.15) is 0 Å². The van der Waals surface area contributed by atoms with Crippen LogP contribution >= 0.6 is 29.7 Å². The molecule has 0 amide bonds. The Morgan fingerprint density at radius 3 is 2.93 bits per heavy atom. The Labute approximate surface area is 91.9 Å². The highest BCUT2D eigenvalue weighted by Crippen LogP contribution is 2.76. The van der Waals surface area contributed by atoms with Crippen molar-refractivity contribution in [1.29, 1.82) is 5.26 Å². The first kappa shape index (κ1) is 9.97. The van der Waals surface area contributed by atoms with Crippen molar-refractivity contribution in [1.82, 2.24) is 0 Å². The van der Waals surface area contributed by atoms with E-state index in [-0.39, 0.29) is 0 Å². The zero-order valence-electron chi connectivity index (χ0n) is 7.51. The predicted octanol–water partition coefficient (Wildman–Crippen LogP) is 3.93. The van der Waals surface area contributed by atoms with Crippen molar-refractivity contribution >= 4 is 40.9 Å². The van der Waals surface area contributed by atoms with Crippen LogP contribution in [0.3, 0.4) is 0 Å². The molecule has 0 N–H and O–H groups in total. The maximum Gasteiger partial charge on any atom is 0.144 e. The van der Waals surface area contributed by atoms with Crippen LogP contribution in [0.25, 0.3) is 0 Å². The molecule has 1 aliphatic rings. The van der Waals surface area contributed by atoms with Gasteiger partial charge in [-0.3, -0.25) is 0 Å². The molecular weight excluding hydrogens is 232 g/mol. The summed E-state index contributed by atoms with van der Waals surface area (Å²) in [5.74, 6) is 0. The summed E-state index contributed by atoms with van der Waals surface area (Å²) >= 11 is 0. The van der Waals surface area contributed by atoms with E-state index in [1.807, 2.05) is 30.0 Å². The second-order valence-corrected chi connectivity index (χ2v) is 10.3. The molecule has 0 radical (unpaired) electrons. The van der Waals surface area contributed by atoms with Gasteiger partial charge in [-0.05, 0) is 18.4 Å². The first-order valence-corrected chi connectivity index (χ1v) is 8.69. The highest BCUT2D eigenvalue weighted by Gasteiger charge is 2.31. The van der Waals surface area contributed by atoms with Crippen molar-refractivity contribution in [3.8, 4) is 5.40 Å². The van der Waals surface area contributed by atoms with Crippen LogP contribution in [0.15, 0.2) is 34.2 Å². The number of nitriles is 1. The molecule has 1 atom stereocenters. The summed E-state index contributed by atoms with van der Waals surface area (Å²) in [6.07, 6.45) is 2.04. The summed E-state index contributed by atoms with van der Waals surface area (Å²) in [4.78, 5) is 5.57. The SMILES string of the molecule is CSS1(SC#N)C=Nc2ccccc21. The standard InChI is InChI=1S/C9H8N2S3/c1-12-14(13-6-10)7-11-8-4-2-3-5-9(8)14/h2-5,7H,1H3. The zero-order chi connectivity index (χ0) is 10.0. The number of para-hydroxylation sites is 1. The van der Waals surface area contributed by atoms with Crippen molar-refractivity contribution in [2.45, 2.75) is 4.90 Å². The Morgan fingerprint density at radius 2 is 2.21 bits per heavy atom. The first-order valence-electron chi connectivity index (χ1n) is 3.92. The third-order valence-electron chi connectivity index (χ3n) is 1.91. The molecule has 5 heteroatoms. The summed E-state index contributed by atoms with van der Waals surface area (Å²) in [7, 11) is 1.83. The predicted molar refractivity (Wildman–Crippen MR) is 67.2 cm³/mol. The number of nitrogens with zero attached hydrogens (tertiary/aromatic N) is 2. The van der Waals surface area contributed by atoms with Gasteiger partial charge in [0.15, 0.2) is 0 Å². The minimum atomic E-state index is -1.23. The molecular formula is C9H8N2S3. The number of hydrogen-bond donors (Lipinski definition) is 0. The highest BCUT2D eigenvalue weighted by molar-refractivity contribution is 9.29. The molecule has 0 bridgehead atoms. The quantitative estimate of drug-likeness (QED) is 0.580. The lowest BCUT2D eigenvalue weighted by Crippen LogP contribution is -1.85. The normalized spacial score (nSPS) is 27.7. The summed E-state index contributed by atoms with van der Waals surface area (Å²) in [5, 5.41) is 11.0. The molecule has 1 aromatic carbocycles. The third kappa shape index (κ3) is 1.44. The Balaban J connectivity index is 2.51. The summed E-state index contributed by atoms with van der Waals surface area (Å²) in [5.41, 5.74) is 2.95. The van der Waals surface area contributed by atoms with Gasteiger partial charge in [0.05, 0.1) is 11.2 Å². The average Bonchev–Trinajstić information content (AvgIpc) is 2.59. The van der Waals surface area contributed by atoms with Crippen molar-refractivity contribution in [2.24, 2.45) is 4.99 Å². The molecule has 1 aliphatic heterocycles. The maximum absolute atomic E-state index is 8.81. The van der Waals surface area contributed by atoms with Crippen LogP contribution < -0.4 is 0 Å². The zero-order valence-corrected chi connectivity index (χ0v) is 9.96. The number of benzene rings is 1. The fourth-order valence-electron chi connectivity index (χ4n) is 1.28. The Morgan fingerprint density at radius 1 is 1.43 bits per heavy atom. The van der Waals surface area contributed by atoms with Gasteiger partial charge >= 0.3 is 0 Å². The Bertz CT molecular complexity index is 424. The highest BCUT2D eigenvalue weighted by atomic mass is 33.6. The van der Waals surface area contributed by atoms with Crippen LogP contribution in [0.2, 0.25) is 0 Å². The van der Waals surface area contributed by atoms with Crippen LogP contribution in [-0.4, -0.2) is 11.8 Å². The maximum atomic E-state index is 8.81. The number of thiocyanates is 1. The molecule has 0 fully saturated rings. The first-order chi connectivity index (χ1) is 6.82. The van der Waals surface area contributed by atoms with Crippen LogP contribution in [0, 0.1) is 10.7 Å². The fourth-order valence-corrected chi connectivity index (χ4v) is 6.62. The van der Waals surface area contributed by atoms with E-state index >= 15 is 0 Å². The van der Waals surface area contributed by atoms with Gasteiger partial charge in [0.1, 0.15) is 5.40 Å². The molecule has 0 spiro atoms. The van der Waals surface area contributed by atoms with Crippen LogP contribution in [-0.2, 0) is 0 Å². The van der Waals surface area contributed by atoms with Gasteiger partial charge in [0.2, 0.25) is 0 Å². The second-order valence-electron chi connectivity index (χ2n) is 2.59. The van der Waals surface area contributed by atoms with Gasteiger partial charge in [0, 0.05) is 15.7 Å². The van der Waals surface area contributed by atoms with E-state index in [1.54, 1.807) is 10.8 Å². The van der Waals surface area contributed by atoms with E-state index < -0.39 is 8.09 Å². The smallest absolute Gasteiger partial charge is 0.144 e. The lowest BCUT2D eigenvalue weighted by atomic mass is 10.3. The fraction of sp³-hybridized carbons (Fsp3) is 0.111. The third-order valence-corrected chi connectivity index (χ3v) is 9.95. The van der Waals surface area contributed by atoms with Gasteiger partial charge in [-0.25, -0.2) is 4.99 Å². The summed E-state index contributed by atoms with van der Waals surface area (Å²) in [6.45, 7) is 0. The van der Waals surface area contributed by atoms with Gasteiger partial charge < -0.3 is 0 Å².